The smallest absolute Gasteiger partial charge is 0.254 e. The first-order valence-corrected chi connectivity index (χ1v) is 9.44. The van der Waals surface area contributed by atoms with Gasteiger partial charge in [-0.25, -0.2) is 4.68 Å². The number of carbonyl (C=O) groups excluding carboxylic acids is 1. The number of halogens is 1. The zero-order chi connectivity index (χ0) is 19.5. The highest BCUT2D eigenvalue weighted by Crippen LogP contribution is 2.31. The van der Waals surface area contributed by atoms with E-state index >= 15 is 0 Å². The summed E-state index contributed by atoms with van der Waals surface area (Å²) in [6.45, 7) is 4.09. The monoisotopic (exact) mass is 412 g/mol. The van der Waals surface area contributed by atoms with E-state index in [1.807, 2.05) is 77.3 Å². The summed E-state index contributed by atoms with van der Waals surface area (Å²) in [7, 11) is 1.66. The largest absolute Gasteiger partial charge is 0.496 e. The Morgan fingerprint density at radius 1 is 1.14 bits per heavy atom. The van der Waals surface area contributed by atoms with Crippen LogP contribution in [0, 0.1) is 6.92 Å². The van der Waals surface area contributed by atoms with Gasteiger partial charge in [-0.3, -0.25) is 4.79 Å². The lowest BCUT2D eigenvalue weighted by atomic mass is 10.0. The Balaban J connectivity index is 0.00000240. The maximum absolute atomic E-state index is 13.3. The maximum atomic E-state index is 13.3. The summed E-state index contributed by atoms with van der Waals surface area (Å²) in [5, 5.41) is 7.81. The highest BCUT2D eigenvalue weighted by molar-refractivity contribution is 5.94. The van der Waals surface area contributed by atoms with Crippen molar-refractivity contribution < 1.29 is 9.53 Å². The van der Waals surface area contributed by atoms with Gasteiger partial charge in [0, 0.05) is 37.0 Å². The summed E-state index contributed by atoms with van der Waals surface area (Å²) in [6, 6.07) is 17.4. The Hall–Kier alpha value is -2.83. The SMILES string of the molecule is COc1ccccc1C1CNCCN1C(=O)c1ccc(-n2ccc(C)n2)cc1.Cl. The lowest BCUT2D eigenvalue weighted by Gasteiger charge is -2.37. The molecule has 0 saturated carbocycles. The lowest BCUT2D eigenvalue weighted by Crippen LogP contribution is -2.48. The van der Waals surface area contributed by atoms with Gasteiger partial charge in [0.1, 0.15) is 5.75 Å². The van der Waals surface area contributed by atoms with Crippen LogP contribution in [-0.2, 0) is 0 Å². The van der Waals surface area contributed by atoms with Crippen LogP contribution in [0.25, 0.3) is 5.69 Å². The molecule has 2 heterocycles. The van der Waals surface area contributed by atoms with Crippen molar-refractivity contribution >= 4 is 18.3 Å². The molecule has 0 aliphatic carbocycles. The van der Waals surface area contributed by atoms with Gasteiger partial charge in [0.25, 0.3) is 5.91 Å². The second-order valence-corrected chi connectivity index (χ2v) is 6.91. The molecule has 1 aliphatic rings. The van der Waals surface area contributed by atoms with Gasteiger partial charge in [-0.05, 0) is 43.3 Å². The maximum Gasteiger partial charge on any atom is 0.254 e. The van der Waals surface area contributed by atoms with E-state index in [1.54, 1.807) is 7.11 Å². The van der Waals surface area contributed by atoms with Gasteiger partial charge in [0.15, 0.2) is 0 Å². The number of para-hydroxylation sites is 1. The number of nitrogens with zero attached hydrogens (tertiary/aromatic N) is 3. The molecule has 2 aromatic carbocycles. The molecule has 152 valence electrons. The van der Waals surface area contributed by atoms with Crippen molar-refractivity contribution in [2.75, 3.05) is 26.7 Å². The molecule has 3 aromatic rings. The normalized spacial score (nSPS) is 16.2. The van der Waals surface area contributed by atoms with Crippen molar-refractivity contribution in [2.24, 2.45) is 0 Å². The molecule has 1 amide bonds. The van der Waals surface area contributed by atoms with Crippen molar-refractivity contribution in [3.05, 3.63) is 77.6 Å². The molecule has 1 fully saturated rings. The summed E-state index contributed by atoms with van der Waals surface area (Å²) in [5.74, 6) is 0.832. The summed E-state index contributed by atoms with van der Waals surface area (Å²) < 4.78 is 7.34. The third-order valence-corrected chi connectivity index (χ3v) is 5.10. The van der Waals surface area contributed by atoms with Crippen LogP contribution in [0.3, 0.4) is 0 Å². The molecule has 0 radical (unpaired) electrons. The number of ether oxygens (including phenoxy) is 1. The number of amides is 1. The number of methoxy groups -OCH3 is 1. The molecular weight excluding hydrogens is 388 g/mol. The minimum atomic E-state index is -0.0640. The van der Waals surface area contributed by atoms with Crippen LogP contribution in [-0.4, -0.2) is 47.3 Å². The van der Waals surface area contributed by atoms with Crippen LogP contribution in [0.1, 0.15) is 27.7 Å². The molecule has 1 saturated heterocycles. The Kier molecular flexibility index (Phi) is 6.56. The molecule has 1 unspecified atom stereocenters. The van der Waals surface area contributed by atoms with Crippen LogP contribution in [0.4, 0.5) is 0 Å². The zero-order valence-corrected chi connectivity index (χ0v) is 17.4. The van der Waals surface area contributed by atoms with Crippen LogP contribution in [0.15, 0.2) is 60.8 Å². The van der Waals surface area contributed by atoms with Gasteiger partial charge < -0.3 is 15.0 Å². The fourth-order valence-electron chi connectivity index (χ4n) is 3.65. The number of aryl methyl sites for hydroxylation is 1. The molecule has 1 aliphatic heterocycles. The zero-order valence-electron chi connectivity index (χ0n) is 16.5. The van der Waals surface area contributed by atoms with Gasteiger partial charge in [-0.15, -0.1) is 12.4 Å². The molecule has 0 bridgehead atoms. The number of aromatic nitrogens is 2. The van der Waals surface area contributed by atoms with Gasteiger partial charge in [-0.1, -0.05) is 18.2 Å². The standard InChI is InChI=1S/C22H24N4O2.ClH/c1-16-11-13-26(24-16)18-9-7-17(8-10-18)22(27)25-14-12-23-15-20(25)19-5-3-4-6-21(19)28-2;/h3-11,13,20,23H,12,14-15H2,1-2H3;1H. The quantitative estimate of drug-likeness (QED) is 0.713. The molecule has 4 rings (SSSR count). The van der Waals surface area contributed by atoms with Crippen LogP contribution >= 0.6 is 12.4 Å². The number of piperazine rings is 1. The summed E-state index contributed by atoms with van der Waals surface area (Å²) in [4.78, 5) is 15.2. The van der Waals surface area contributed by atoms with Crippen molar-refractivity contribution in [1.29, 1.82) is 0 Å². The first kappa shape index (κ1) is 20.9. The predicted molar refractivity (Wildman–Crippen MR) is 115 cm³/mol. The molecule has 0 spiro atoms. The number of hydrogen-bond donors (Lipinski definition) is 1. The van der Waals surface area contributed by atoms with E-state index in [-0.39, 0.29) is 24.4 Å². The number of carbonyl (C=O) groups is 1. The molecular formula is C22H25ClN4O2. The molecule has 1 aromatic heterocycles. The van der Waals surface area contributed by atoms with E-state index in [0.717, 1.165) is 29.2 Å². The summed E-state index contributed by atoms with van der Waals surface area (Å²) in [5.41, 5.74) is 3.59. The Bertz CT molecular complexity index is 971. The molecule has 1 atom stereocenters. The molecule has 6 nitrogen and oxygen atoms in total. The summed E-state index contributed by atoms with van der Waals surface area (Å²) >= 11 is 0. The van der Waals surface area contributed by atoms with Crippen LogP contribution < -0.4 is 10.1 Å². The first-order chi connectivity index (χ1) is 13.7. The van der Waals surface area contributed by atoms with Gasteiger partial charge in [0.05, 0.1) is 24.5 Å². The average Bonchev–Trinajstić information content (AvgIpc) is 3.19. The number of benzene rings is 2. The van der Waals surface area contributed by atoms with Crippen molar-refractivity contribution in [2.45, 2.75) is 13.0 Å². The third kappa shape index (κ3) is 4.28. The van der Waals surface area contributed by atoms with Crippen molar-refractivity contribution in [1.82, 2.24) is 20.0 Å². The van der Waals surface area contributed by atoms with Crippen LogP contribution in [0.5, 0.6) is 5.75 Å². The highest BCUT2D eigenvalue weighted by Gasteiger charge is 2.30. The Morgan fingerprint density at radius 2 is 1.90 bits per heavy atom. The Morgan fingerprint density at radius 3 is 2.59 bits per heavy atom. The second-order valence-electron chi connectivity index (χ2n) is 6.91. The topological polar surface area (TPSA) is 59.4 Å². The van der Waals surface area contributed by atoms with Crippen molar-refractivity contribution in [3.63, 3.8) is 0 Å². The van der Waals surface area contributed by atoms with E-state index < -0.39 is 0 Å². The van der Waals surface area contributed by atoms with Gasteiger partial charge in [-0.2, -0.15) is 5.10 Å². The Labute approximate surface area is 176 Å². The minimum Gasteiger partial charge on any atom is -0.496 e. The molecule has 7 heteroatoms. The van der Waals surface area contributed by atoms with Gasteiger partial charge in [0.2, 0.25) is 0 Å². The molecule has 1 N–H and O–H groups in total. The lowest BCUT2D eigenvalue weighted by molar-refractivity contribution is 0.0631. The molecule has 29 heavy (non-hydrogen) atoms. The summed E-state index contributed by atoms with van der Waals surface area (Å²) in [6.07, 6.45) is 1.92. The van der Waals surface area contributed by atoms with Crippen LogP contribution in [0.2, 0.25) is 0 Å². The van der Waals surface area contributed by atoms with E-state index in [4.69, 9.17) is 4.74 Å². The van der Waals surface area contributed by atoms with E-state index in [9.17, 15) is 4.79 Å². The van der Waals surface area contributed by atoms with Gasteiger partial charge >= 0.3 is 0 Å². The van der Waals surface area contributed by atoms with Crippen molar-refractivity contribution in [3.8, 4) is 11.4 Å². The fraction of sp³-hybridized carbons (Fsp3) is 0.273. The number of nitrogens with one attached hydrogen (secondary N) is 1. The highest BCUT2D eigenvalue weighted by atomic mass is 35.5. The second kappa shape index (κ2) is 9.11. The third-order valence-electron chi connectivity index (χ3n) is 5.10. The minimum absolute atomic E-state index is 0. The predicted octanol–water partition coefficient (Wildman–Crippen LogP) is 3.40. The van der Waals surface area contributed by atoms with E-state index in [1.165, 1.54) is 0 Å². The average molecular weight is 413 g/mol. The fourth-order valence-corrected chi connectivity index (χ4v) is 3.65. The first-order valence-electron chi connectivity index (χ1n) is 9.44. The number of rotatable bonds is 4. The van der Waals surface area contributed by atoms with E-state index in [2.05, 4.69) is 10.4 Å². The van der Waals surface area contributed by atoms with E-state index in [0.29, 0.717) is 18.7 Å². The number of hydrogen-bond acceptors (Lipinski definition) is 4.